The zero-order valence-electron chi connectivity index (χ0n) is 11.6. The van der Waals surface area contributed by atoms with Gasteiger partial charge in [0.05, 0.1) is 6.61 Å². The number of aromatic nitrogens is 1. The smallest absolute Gasteiger partial charge is 0.181 e. The van der Waals surface area contributed by atoms with Crippen molar-refractivity contribution < 1.29 is 13.9 Å². The van der Waals surface area contributed by atoms with Crippen molar-refractivity contribution in [2.75, 3.05) is 25.6 Å². The van der Waals surface area contributed by atoms with Gasteiger partial charge in [-0.05, 0) is 18.6 Å². The number of hydrogen-bond donors (Lipinski definition) is 1. The number of anilines is 1. The monoisotopic (exact) mass is 278 g/mol. The zero-order valence-corrected chi connectivity index (χ0v) is 11.6. The van der Waals surface area contributed by atoms with E-state index in [1.807, 2.05) is 0 Å². The summed E-state index contributed by atoms with van der Waals surface area (Å²) in [5, 5.41) is 0.691. The molecular formula is C15H19FN2O2. The average molecular weight is 278 g/mol. The highest BCUT2D eigenvalue weighted by molar-refractivity contribution is 5.94. The summed E-state index contributed by atoms with van der Waals surface area (Å²) in [4.78, 5) is 4.15. The van der Waals surface area contributed by atoms with Crippen molar-refractivity contribution in [3.63, 3.8) is 0 Å². The molecule has 0 unspecified atom stereocenters. The second-order valence-corrected chi connectivity index (χ2v) is 4.49. The number of nitrogen functional groups attached to an aromatic ring is 1. The van der Waals surface area contributed by atoms with Gasteiger partial charge in [0.1, 0.15) is 12.1 Å². The highest BCUT2D eigenvalue weighted by atomic mass is 19.1. The summed E-state index contributed by atoms with van der Waals surface area (Å²) in [5.41, 5.74) is 6.58. The van der Waals surface area contributed by atoms with E-state index in [2.05, 4.69) is 11.9 Å². The van der Waals surface area contributed by atoms with E-state index in [0.717, 1.165) is 12.8 Å². The molecule has 0 amide bonds. The molecule has 0 saturated heterocycles. The van der Waals surface area contributed by atoms with E-state index < -0.39 is 5.82 Å². The fourth-order valence-corrected chi connectivity index (χ4v) is 1.90. The number of ether oxygens (including phenoxy) is 2. The van der Waals surface area contributed by atoms with Gasteiger partial charge < -0.3 is 15.2 Å². The molecule has 0 bridgehead atoms. The van der Waals surface area contributed by atoms with Gasteiger partial charge in [0.15, 0.2) is 11.6 Å². The highest BCUT2D eigenvalue weighted by Gasteiger charge is 2.12. The fourth-order valence-electron chi connectivity index (χ4n) is 1.90. The molecular weight excluding hydrogens is 259 g/mol. The van der Waals surface area contributed by atoms with E-state index in [9.17, 15) is 4.39 Å². The second kappa shape index (κ2) is 7.05. The lowest BCUT2D eigenvalue weighted by molar-refractivity contribution is 0.0972. The molecule has 5 heteroatoms. The summed E-state index contributed by atoms with van der Waals surface area (Å²) >= 11 is 0. The third kappa shape index (κ3) is 3.36. The van der Waals surface area contributed by atoms with Crippen LogP contribution < -0.4 is 10.5 Å². The number of pyridine rings is 1. The van der Waals surface area contributed by atoms with Crippen LogP contribution in [-0.4, -0.2) is 24.8 Å². The van der Waals surface area contributed by atoms with Crippen LogP contribution in [0.4, 0.5) is 10.1 Å². The Morgan fingerprint density at radius 3 is 2.95 bits per heavy atom. The Bertz CT molecular complexity index is 575. The molecule has 0 fully saturated rings. The van der Waals surface area contributed by atoms with Crippen LogP contribution in [0.2, 0.25) is 0 Å². The van der Waals surface area contributed by atoms with Gasteiger partial charge in [-0.15, -0.1) is 0 Å². The molecule has 0 saturated carbocycles. The molecule has 0 aliphatic rings. The van der Waals surface area contributed by atoms with Crippen molar-refractivity contribution >= 4 is 16.6 Å². The van der Waals surface area contributed by atoms with Crippen LogP contribution in [-0.2, 0) is 4.74 Å². The van der Waals surface area contributed by atoms with Crippen molar-refractivity contribution in [3.8, 4) is 5.75 Å². The largest absolute Gasteiger partial charge is 0.486 e. The van der Waals surface area contributed by atoms with Crippen molar-refractivity contribution in [1.29, 1.82) is 0 Å². The van der Waals surface area contributed by atoms with Crippen LogP contribution >= 0.6 is 0 Å². The van der Waals surface area contributed by atoms with E-state index in [-0.39, 0.29) is 12.4 Å². The number of nitrogens with zero attached hydrogens (tertiary/aromatic N) is 1. The van der Waals surface area contributed by atoms with Crippen molar-refractivity contribution in [2.45, 2.75) is 19.8 Å². The minimum atomic E-state index is -0.498. The number of halogens is 1. The number of rotatable bonds is 7. The highest BCUT2D eigenvalue weighted by Crippen LogP contribution is 2.31. The summed E-state index contributed by atoms with van der Waals surface area (Å²) in [6.45, 7) is 3.51. The van der Waals surface area contributed by atoms with Crippen LogP contribution in [0.25, 0.3) is 10.9 Å². The van der Waals surface area contributed by atoms with Crippen molar-refractivity contribution in [2.24, 2.45) is 0 Å². The molecule has 2 N–H and O–H groups in total. The van der Waals surface area contributed by atoms with Crippen molar-refractivity contribution in [3.05, 3.63) is 30.2 Å². The van der Waals surface area contributed by atoms with Gasteiger partial charge in [0, 0.05) is 29.9 Å². The normalized spacial score (nSPS) is 10.9. The maximum atomic E-state index is 13.9. The molecule has 0 atom stereocenters. The van der Waals surface area contributed by atoms with Gasteiger partial charge in [-0.25, -0.2) is 4.39 Å². The Kier molecular flexibility index (Phi) is 5.12. The predicted octanol–water partition coefficient (Wildman–Crippen LogP) is 3.15. The van der Waals surface area contributed by atoms with Crippen LogP contribution in [0.5, 0.6) is 5.75 Å². The summed E-state index contributed by atoms with van der Waals surface area (Å²) in [7, 11) is 0. The first kappa shape index (κ1) is 14.5. The molecule has 4 nitrogen and oxygen atoms in total. The van der Waals surface area contributed by atoms with Gasteiger partial charge >= 0.3 is 0 Å². The first-order chi connectivity index (χ1) is 9.74. The van der Waals surface area contributed by atoms with Gasteiger partial charge in [0.25, 0.3) is 0 Å². The lowest BCUT2D eigenvalue weighted by atomic mass is 10.1. The third-order valence-corrected chi connectivity index (χ3v) is 2.95. The zero-order chi connectivity index (χ0) is 14.4. The molecule has 0 aliphatic heterocycles. The van der Waals surface area contributed by atoms with Gasteiger partial charge in [-0.3, -0.25) is 4.98 Å². The van der Waals surface area contributed by atoms with E-state index in [4.69, 9.17) is 15.2 Å². The SMILES string of the molecule is CCCCOCCOc1c(F)cc(N)c2cccnc12. The quantitative estimate of drug-likeness (QED) is 0.624. The lowest BCUT2D eigenvalue weighted by Crippen LogP contribution is -2.09. The van der Waals surface area contributed by atoms with E-state index in [1.165, 1.54) is 6.07 Å². The molecule has 108 valence electrons. The number of unbranched alkanes of at least 4 members (excludes halogenated alkanes) is 1. The van der Waals surface area contributed by atoms with Crippen molar-refractivity contribution in [1.82, 2.24) is 4.98 Å². The van der Waals surface area contributed by atoms with E-state index in [1.54, 1.807) is 18.3 Å². The van der Waals surface area contributed by atoms with Crippen LogP contribution in [0.3, 0.4) is 0 Å². The molecule has 2 aromatic rings. The Morgan fingerprint density at radius 2 is 2.15 bits per heavy atom. The minimum Gasteiger partial charge on any atom is -0.486 e. The Morgan fingerprint density at radius 1 is 1.30 bits per heavy atom. The minimum absolute atomic E-state index is 0.133. The Balaban J connectivity index is 2.06. The summed E-state index contributed by atoms with van der Waals surface area (Å²) in [6, 6.07) is 4.81. The predicted molar refractivity (Wildman–Crippen MR) is 77.3 cm³/mol. The maximum Gasteiger partial charge on any atom is 0.181 e. The molecule has 20 heavy (non-hydrogen) atoms. The molecule has 0 aliphatic carbocycles. The molecule has 2 rings (SSSR count). The molecule has 1 heterocycles. The first-order valence-corrected chi connectivity index (χ1v) is 6.77. The van der Waals surface area contributed by atoms with Crippen LogP contribution in [0, 0.1) is 5.82 Å². The van der Waals surface area contributed by atoms with Gasteiger partial charge in [-0.2, -0.15) is 0 Å². The van der Waals surface area contributed by atoms with E-state index >= 15 is 0 Å². The molecule has 1 aromatic heterocycles. The summed E-state index contributed by atoms with van der Waals surface area (Å²) in [6.07, 6.45) is 3.69. The average Bonchev–Trinajstić information content (AvgIpc) is 2.45. The second-order valence-electron chi connectivity index (χ2n) is 4.49. The number of benzene rings is 1. The Hall–Kier alpha value is -1.88. The number of nitrogens with two attached hydrogens (primary N) is 1. The Labute approximate surface area is 117 Å². The van der Waals surface area contributed by atoms with Crippen LogP contribution in [0.15, 0.2) is 24.4 Å². The maximum absolute atomic E-state index is 13.9. The third-order valence-electron chi connectivity index (χ3n) is 2.95. The fraction of sp³-hybridized carbons (Fsp3) is 0.400. The van der Waals surface area contributed by atoms with Gasteiger partial charge in [0.2, 0.25) is 0 Å². The lowest BCUT2D eigenvalue weighted by Gasteiger charge is -2.11. The number of fused-ring (bicyclic) bond motifs is 1. The summed E-state index contributed by atoms with van der Waals surface area (Å²) < 4.78 is 24.8. The molecule has 0 radical (unpaired) electrons. The summed E-state index contributed by atoms with van der Waals surface area (Å²) in [5.74, 6) is -0.365. The van der Waals surface area contributed by atoms with Gasteiger partial charge in [-0.1, -0.05) is 13.3 Å². The standard InChI is InChI=1S/C15H19FN2O2/c1-2-3-7-19-8-9-20-15-12(16)10-13(17)11-5-4-6-18-14(11)15/h4-6,10H,2-3,7-9,17H2,1H3. The van der Waals surface area contributed by atoms with Crippen LogP contribution in [0.1, 0.15) is 19.8 Å². The van der Waals surface area contributed by atoms with E-state index in [0.29, 0.717) is 29.8 Å². The molecule has 1 aromatic carbocycles. The molecule has 0 spiro atoms. The first-order valence-electron chi connectivity index (χ1n) is 6.77. The topological polar surface area (TPSA) is 57.4 Å². The number of hydrogen-bond acceptors (Lipinski definition) is 4.